The molecule has 2 amide bonds. The van der Waals surface area contributed by atoms with Gasteiger partial charge in [0.25, 0.3) is 0 Å². The second-order valence-corrected chi connectivity index (χ2v) is 2.95. The maximum atomic E-state index is 11.5. The summed E-state index contributed by atoms with van der Waals surface area (Å²) in [4.78, 5) is 22.9. The molecular formula is C10H9N5O. The summed E-state index contributed by atoms with van der Waals surface area (Å²) in [6, 6.07) is 3.12. The van der Waals surface area contributed by atoms with E-state index in [-0.39, 0.29) is 6.03 Å². The molecule has 6 heteroatoms. The number of urea groups is 1. The summed E-state index contributed by atoms with van der Waals surface area (Å²) in [5, 5.41) is 5.21. The highest BCUT2D eigenvalue weighted by Gasteiger charge is 2.01. The summed E-state index contributed by atoms with van der Waals surface area (Å²) >= 11 is 0. The number of pyridine rings is 1. The number of anilines is 2. The summed E-state index contributed by atoms with van der Waals surface area (Å²) in [7, 11) is 0. The third kappa shape index (κ3) is 2.74. The average molecular weight is 215 g/mol. The summed E-state index contributed by atoms with van der Waals surface area (Å²) in [5.74, 6) is 0. The second-order valence-electron chi connectivity index (χ2n) is 2.95. The fourth-order valence-electron chi connectivity index (χ4n) is 1.09. The minimum Gasteiger partial charge on any atom is -0.306 e. The van der Waals surface area contributed by atoms with E-state index in [0.717, 1.165) is 0 Å². The smallest absolute Gasteiger partial charge is 0.306 e. The third-order valence-electron chi connectivity index (χ3n) is 1.74. The highest BCUT2D eigenvalue weighted by atomic mass is 16.2. The molecule has 0 atom stereocenters. The van der Waals surface area contributed by atoms with Gasteiger partial charge in [-0.2, -0.15) is 0 Å². The Kier molecular flexibility index (Phi) is 3.03. The lowest BCUT2D eigenvalue weighted by atomic mass is 10.4. The van der Waals surface area contributed by atoms with E-state index in [1.165, 1.54) is 18.7 Å². The molecule has 0 radical (unpaired) electrons. The number of amides is 2. The van der Waals surface area contributed by atoms with Gasteiger partial charge < -0.3 is 10.6 Å². The van der Waals surface area contributed by atoms with E-state index in [0.29, 0.717) is 11.4 Å². The van der Waals surface area contributed by atoms with Crippen molar-refractivity contribution in [2.24, 2.45) is 0 Å². The predicted molar refractivity (Wildman–Crippen MR) is 58.9 cm³/mol. The Hall–Kier alpha value is -2.50. The van der Waals surface area contributed by atoms with E-state index in [9.17, 15) is 4.79 Å². The highest BCUT2D eigenvalue weighted by Crippen LogP contribution is 2.05. The molecule has 80 valence electrons. The van der Waals surface area contributed by atoms with Crippen molar-refractivity contribution in [2.45, 2.75) is 0 Å². The van der Waals surface area contributed by atoms with Crippen LogP contribution in [0.15, 0.2) is 43.2 Å². The number of hydrogen-bond donors (Lipinski definition) is 2. The first-order valence-electron chi connectivity index (χ1n) is 4.57. The van der Waals surface area contributed by atoms with Gasteiger partial charge >= 0.3 is 6.03 Å². The zero-order chi connectivity index (χ0) is 11.2. The minimum atomic E-state index is -0.359. The van der Waals surface area contributed by atoms with Gasteiger partial charge in [0.2, 0.25) is 0 Å². The SMILES string of the molecule is O=C(Nc1cccnc1)Nc1cncnc1. The molecule has 2 aromatic heterocycles. The summed E-state index contributed by atoms with van der Waals surface area (Å²) in [5.41, 5.74) is 1.15. The molecule has 0 bridgehead atoms. The molecule has 0 saturated carbocycles. The molecule has 0 unspecified atom stereocenters. The standard InChI is InChI=1S/C10H9N5O/c16-10(14-8-2-1-3-11-4-8)15-9-5-12-7-13-6-9/h1-7H,(H2,14,15,16). The van der Waals surface area contributed by atoms with Crippen molar-refractivity contribution in [2.75, 3.05) is 10.6 Å². The van der Waals surface area contributed by atoms with Gasteiger partial charge in [-0.1, -0.05) is 0 Å². The predicted octanol–water partition coefficient (Wildman–Crippen LogP) is 1.52. The van der Waals surface area contributed by atoms with Gasteiger partial charge in [-0.15, -0.1) is 0 Å². The van der Waals surface area contributed by atoms with Crippen molar-refractivity contribution in [1.82, 2.24) is 15.0 Å². The number of carbonyl (C=O) groups excluding carboxylic acids is 1. The molecule has 0 aliphatic rings. The van der Waals surface area contributed by atoms with E-state index in [2.05, 4.69) is 25.6 Å². The molecule has 2 rings (SSSR count). The number of aromatic nitrogens is 3. The molecule has 0 aliphatic carbocycles. The van der Waals surface area contributed by atoms with Crippen LogP contribution in [0.3, 0.4) is 0 Å². The first-order valence-corrected chi connectivity index (χ1v) is 4.57. The number of rotatable bonds is 2. The van der Waals surface area contributed by atoms with E-state index in [1.807, 2.05) is 0 Å². The van der Waals surface area contributed by atoms with Crippen molar-refractivity contribution in [3.63, 3.8) is 0 Å². The normalized spacial score (nSPS) is 9.50. The number of nitrogens with one attached hydrogen (secondary N) is 2. The number of carbonyl (C=O) groups is 1. The maximum absolute atomic E-state index is 11.5. The molecular weight excluding hydrogens is 206 g/mol. The molecule has 16 heavy (non-hydrogen) atoms. The zero-order valence-electron chi connectivity index (χ0n) is 8.29. The fourth-order valence-corrected chi connectivity index (χ4v) is 1.09. The number of nitrogens with zero attached hydrogens (tertiary/aromatic N) is 3. The van der Waals surface area contributed by atoms with Crippen molar-refractivity contribution < 1.29 is 4.79 Å². The Labute approximate surface area is 91.8 Å². The van der Waals surface area contributed by atoms with Gasteiger partial charge in [0.15, 0.2) is 0 Å². The van der Waals surface area contributed by atoms with Crippen molar-refractivity contribution in [3.8, 4) is 0 Å². The number of hydrogen-bond acceptors (Lipinski definition) is 4. The molecule has 0 fully saturated rings. The van der Waals surface area contributed by atoms with Crippen LogP contribution >= 0.6 is 0 Å². The molecule has 0 saturated heterocycles. The van der Waals surface area contributed by atoms with Crippen LogP contribution in [-0.4, -0.2) is 21.0 Å². The summed E-state index contributed by atoms with van der Waals surface area (Å²) < 4.78 is 0. The molecule has 0 aliphatic heterocycles. The van der Waals surface area contributed by atoms with E-state index in [1.54, 1.807) is 24.5 Å². The highest BCUT2D eigenvalue weighted by molar-refractivity contribution is 5.99. The van der Waals surface area contributed by atoms with Crippen molar-refractivity contribution >= 4 is 17.4 Å². The first-order chi connectivity index (χ1) is 7.84. The largest absolute Gasteiger partial charge is 0.323 e. The Bertz CT molecular complexity index is 416. The lowest BCUT2D eigenvalue weighted by Crippen LogP contribution is -2.19. The monoisotopic (exact) mass is 215 g/mol. The summed E-state index contributed by atoms with van der Waals surface area (Å²) in [6.45, 7) is 0. The van der Waals surface area contributed by atoms with Crippen LogP contribution in [0.5, 0.6) is 0 Å². The van der Waals surface area contributed by atoms with Crippen LogP contribution in [0.25, 0.3) is 0 Å². The van der Waals surface area contributed by atoms with Gasteiger partial charge in [0, 0.05) is 6.20 Å². The molecule has 2 N–H and O–H groups in total. The molecule has 2 aromatic rings. The van der Waals surface area contributed by atoms with Gasteiger partial charge in [-0.3, -0.25) is 4.98 Å². The van der Waals surface area contributed by atoms with E-state index < -0.39 is 0 Å². The van der Waals surface area contributed by atoms with Gasteiger partial charge in [-0.25, -0.2) is 14.8 Å². The Morgan fingerprint density at radius 1 is 1.00 bits per heavy atom. The Morgan fingerprint density at radius 2 is 1.69 bits per heavy atom. The quantitative estimate of drug-likeness (QED) is 0.795. The van der Waals surface area contributed by atoms with Crippen molar-refractivity contribution in [3.05, 3.63) is 43.2 Å². The third-order valence-corrected chi connectivity index (χ3v) is 1.74. The first kappa shape index (κ1) is 10.0. The van der Waals surface area contributed by atoms with Crippen LogP contribution in [0.1, 0.15) is 0 Å². The minimum absolute atomic E-state index is 0.359. The van der Waals surface area contributed by atoms with E-state index >= 15 is 0 Å². The lowest BCUT2D eigenvalue weighted by molar-refractivity contribution is 0.262. The molecule has 6 nitrogen and oxygen atoms in total. The molecule has 0 aromatic carbocycles. The topological polar surface area (TPSA) is 79.8 Å². The Balaban J connectivity index is 1.95. The molecule has 0 spiro atoms. The second kappa shape index (κ2) is 4.83. The maximum Gasteiger partial charge on any atom is 0.323 e. The van der Waals surface area contributed by atoms with Crippen LogP contribution in [0.4, 0.5) is 16.2 Å². The van der Waals surface area contributed by atoms with Gasteiger partial charge in [-0.05, 0) is 12.1 Å². The van der Waals surface area contributed by atoms with Crippen molar-refractivity contribution in [1.29, 1.82) is 0 Å². The average Bonchev–Trinajstić information content (AvgIpc) is 2.31. The zero-order valence-corrected chi connectivity index (χ0v) is 8.29. The van der Waals surface area contributed by atoms with Gasteiger partial charge in [0.05, 0.1) is 30.0 Å². The van der Waals surface area contributed by atoms with Crippen LogP contribution in [-0.2, 0) is 0 Å². The summed E-state index contributed by atoms with van der Waals surface area (Å²) in [6.07, 6.45) is 7.60. The fraction of sp³-hybridized carbons (Fsp3) is 0. The molecule has 2 heterocycles. The van der Waals surface area contributed by atoms with Crippen LogP contribution in [0, 0.1) is 0 Å². The van der Waals surface area contributed by atoms with Crippen LogP contribution < -0.4 is 10.6 Å². The van der Waals surface area contributed by atoms with E-state index in [4.69, 9.17) is 0 Å². The lowest BCUT2D eigenvalue weighted by Gasteiger charge is -2.05. The van der Waals surface area contributed by atoms with Gasteiger partial charge in [0.1, 0.15) is 6.33 Å². The Morgan fingerprint density at radius 3 is 2.38 bits per heavy atom. The van der Waals surface area contributed by atoms with Crippen LogP contribution in [0.2, 0.25) is 0 Å².